The number of aromatic nitrogens is 2. The molecule has 3 aromatic rings. The van der Waals surface area contributed by atoms with Crippen molar-refractivity contribution in [3.05, 3.63) is 53.8 Å². The van der Waals surface area contributed by atoms with E-state index in [9.17, 15) is 0 Å². The quantitative estimate of drug-likeness (QED) is 0.762. The Labute approximate surface area is 111 Å². The molecular formula is C15H15N3O. The van der Waals surface area contributed by atoms with Crippen molar-refractivity contribution in [2.24, 2.45) is 0 Å². The third-order valence-corrected chi connectivity index (χ3v) is 2.96. The van der Waals surface area contributed by atoms with E-state index in [2.05, 4.69) is 37.1 Å². The van der Waals surface area contributed by atoms with E-state index in [4.69, 9.17) is 10.2 Å². The predicted molar refractivity (Wildman–Crippen MR) is 75.2 cm³/mol. The van der Waals surface area contributed by atoms with Crippen LogP contribution in [0.15, 0.2) is 47.1 Å². The van der Waals surface area contributed by atoms with Gasteiger partial charge in [-0.2, -0.15) is 5.10 Å². The van der Waals surface area contributed by atoms with E-state index < -0.39 is 0 Å². The molecule has 0 saturated carbocycles. The molecule has 0 bridgehead atoms. The number of hydrogen-bond acceptors (Lipinski definition) is 3. The van der Waals surface area contributed by atoms with Crippen LogP contribution in [0.25, 0.3) is 17.1 Å². The number of nitrogen functional groups attached to an aromatic ring is 1. The second-order valence-corrected chi connectivity index (χ2v) is 4.69. The molecule has 3 rings (SSSR count). The molecule has 0 atom stereocenters. The van der Waals surface area contributed by atoms with Gasteiger partial charge in [-0.3, -0.25) is 0 Å². The summed E-state index contributed by atoms with van der Waals surface area (Å²) in [5.74, 6) is 1.31. The Morgan fingerprint density at radius 1 is 1.11 bits per heavy atom. The first-order valence-corrected chi connectivity index (χ1v) is 6.11. The Balaban J connectivity index is 2.10. The summed E-state index contributed by atoms with van der Waals surface area (Å²) in [6.07, 6.45) is 1.63. The summed E-state index contributed by atoms with van der Waals surface area (Å²) in [7, 11) is 0. The normalized spacial score (nSPS) is 10.8. The van der Waals surface area contributed by atoms with Crippen molar-refractivity contribution < 1.29 is 4.42 Å². The smallest absolute Gasteiger partial charge is 0.154 e. The standard InChI is InChI=1S/C15H15N3O/c1-10-6-11(2)8-12(7-10)18-15(16)9-13(17-18)14-4-3-5-19-14/h3-9H,16H2,1-2H3. The van der Waals surface area contributed by atoms with Crippen LogP contribution in [0, 0.1) is 13.8 Å². The molecule has 0 radical (unpaired) electrons. The van der Waals surface area contributed by atoms with E-state index in [-0.39, 0.29) is 0 Å². The average Bonchev–Trinajstić information content (AvgIpc) is 2.95. The van der Waals surface area contributed by atoms with E-state index in [0.717, 1.165) is 17.1 Å². The van der Waals surface area contributed by atoms with Crippen LogP contribution in [0.3, 0.4) is 0 Å². The summed E-state index contributed by atoms with van der Waals surface area (Å²) in [5.41, 5.74) is 10.1. The average molecular weight is 253 g/mol. The summed E-state index contributed by atoms with van der Waals surface area (Å²) >= 11 is 0. The molecule has 2 heterocycles. The zero-order valence-electron chi connectivity index (χ0n) is 10.9. The van der Waals surface area contributed by atoms with Crippen molar-refractivity contribution in [2.75, 3.05) is 5.73 Å². The van der Waals surface area contributed by atoms with Gasteiger partial charge in [-0.05, 0) is 49.2 Å². The molecule has 0 amide bonds. The molecule has 0 spiro atoms. The summed E-state index contributed by atoms with van der Waals surface area (Å²) in [4.78, 5) is 0. The lowest BCUT2D eigenvalue weighted by atomic mass is 10.1. The van der Waals surface area contributed by atoms with Crippen LogP contribution in [0.5, 0.6) is 0 Å². The number of nitrogens with two attached hydrogens (primary N) is 1. The maximum Gasteiger partial charge on any atom is 0.154 e. The highest BCUT2D eigenvalue weighted by atomic mass is 16.3. The van der Waals surface area contributed by atoms with Crippen LogP contribution in [-0.4, -0.2) is 9.78 Å². The molecule has 0 unspecified atom stereocenters. The van der Waals surface area contributed by atoms with Gasteiger partial charge < -0.3 is 10.2 Å². The maximum atomic E-state index is 6.04. The van der Waals surface area contributed by atoms with Crippen molar-refractivity contribution in [3.63, 3.8) is 0 Å². The van der Waals surface area contributed by atoms with E-state index >= 15 is 0 Å². The predicted octanol–water partition coefficient (Wildman–Crippen LogP) is 3.33. The fourth-order valence-electron chi connectivity index (χ4n) is 2.22. The Morgan fingerprint density at radius 2 is 1.84 bits per heavy atom. The van der Waals surface area contributed by atoms with Crippen LogP contribution in [0.1, 0.15) is 11.1 Å². The summed E-state index contributed by atoms with van der Waals surface area (Å²) in [5, 5.41) is 4.50. The monoisotopic (exact) mass is 253 g/mol. The van der Waals surface area contributed by atoms with E-state index in [1.54, 1.807) is 10.9 Å². The lowest BCUT2D eigenvalue weighted by Gasteiger charge is -2.06. The van der Waals surface area contributed by atoms with Crippen LogP contribution in [0.4, 0.5) is 5.82 Å². The molecule has 0 aliphatic rings. The van der Waals surface area contributed by atoms with E-state index in [1.165, 1.54) is 11.1 Å². The van der Waals surface area contributed by atoms with Gasteiger partial charge >= 0.3 is 0 Å². The van der Waals surface area contributed by atoms with Gasteiger partial charge in [-0.15, -0.1) is 0 Å². The Morgan fingerprint density at radius 3 is 2.47 bits per heavy atom. The number of furan rings is 1. The SMILES string of the molecule is Cc1cc(C)cc(-n2nc(-c3ccco3)cc2N)c1. The van der Waals surface area contributed by atoms with Gasteiger partial charge in [0.25, 0.3) is 0 Å². The molecule has 96 valence electrons. The molecule has 4 nitrogen and oxygen atoms in total. The van der Waals surface area contributed by atoms with Gasteiger partial charge in [0.15, 0.2) is 5.76 Å². The highest BCUT2D eigenvalue weighted by molar-refractivity contribution is 5.59. The number of nitrogens with zero attached hydrogens (tertiary/aromatic N) is 2. The minimum atomic E-state index is 0.594. The molecule has 0 aliphatic carbocycles. The van der Waals surface area contributed by atoms with Crippen LogP contribution >= 0.6 is 0 Å². The molecular weight excluding hydrogens is 238 g/mol. The molecule has 0 aliphatic heterocycles. The summed E-state index contributed by atoms with van der Waals surface area (Å²) < 4.78 is 7.07. The zero-order valence-corrected chi connectivity index (χ0v) is 10.9. The molecule has 0 saturated heterocycles. The van der Waals surface area contributed by atoms with E-state index in [1.807, 2.05) is 18.2 Å². The Hall–Kier alpha value is -2.49. The lowest BCUT2D eigenvalue weighted by Crippen LogP contribution is -2.02. The fraction of sp³-hybridized carbons (Fsp3) is 0.133. The van der Waals surface area contributed by atoms with Crippen molar-refractivity contribution in [1.29, 1.82) is 0 Å². The first-order chi connectivity index (χ1) is 9.13. The summed E-state index contributed by atoms with van der Waals surface area (Å²) in [6.45, 7) is 4.12. The van der Waals surface area contributed by atoms with Crippen LogP contribution < -0.4 is 5.73 Å². The van der Waals surface area contributed by atoms with Crippen molar-refractivity contribution in [3.8, 4) is 17.1 Å². The second-order valence-electron chi connectivity index (χ2n) is 4.69. The van der Waals surface area contributed by atoms with Gasteiger partial charge in [-0.1, -0.05) is 6.07 Å². The number of anilines is 1. The number of rotatable bonds is 2. The number of benzene rings is 1. The van der Waals surface area contributed by atoms with Crippen LogP contribution in [0.2, 0.25) is 0 Å². The van der Waals surface area contributed by atoms with Gasteiger partial charge in [0.1, 0.15) is 11.5 Å². The molecule has 19 heavy (non-hydrogen) atoms. The molecule has 2 N–H and O–H groups in total. The maximum absolute atomic E-state index is 6.04. The number of aryl methyl sites for hydroxylation is 2. The van der Waals surface area contributed by atoms with Crippen molar-refractivity contribution in [2.45, 2.75) is 13.8 Å². The van der Waals surface area contributed by atoms with Gasteiger partial charge in [-0.25, -0.2) is 4.68 Å². The van der Waals surface area contributed by atoms with Gasteiger partial charge in [0, 0.05) is 6.07 Å². The first kappa shape index (κ1) is 11.6. The van der Waals surface area contributed by atoms with Crippen LogP contribution in [-0.2, 0) is 0 Å². The Kier molecular flexibility index (Phi) is 2.63. The molecule has 0 fully saturated rings. The fourth-order valence-corrected chi connectivity index (χ4v) is 2.22. The zero-order chi connectivity index (χ0) is 13.4. The van der Waals surface area contributed by atoms with Crippen molar-refractivity contribution >= 4 is 5.82 Å². The van der Waals surface area contributed by atoms with Crippen molar-refractivity contribution in [1.82, 2.24) is 9.78 Å². The van der Waals surface area contributed by atoms with Gasteiger partial charge in [0.2, 0.25) is 0 Å². The Bertz CT molecular complexity index is 691. The number of hydrogen-bond donors (Lipinski definition) is 1. The molecule has 2 aromatic heterocycles. The highest BCUT2D eigenvalue weighted by Gasteiger charge is 2.11. The topological polar surface area (TPSA) is 57.0 Å². The van der Waals surface area contributed by atoms with Gasteiger partial charge in [0.05, 0.1) is 12.0 Å². The first-order valence-electron chi connectivity index (χ1n) is 6.11. The van der Waals surface area contributed by atoms with E-state index in [0.29, 0.717) is 5.82 Å². The minimum Gasteiger partial charge on any atom is -0.463 e. The third-order valence-electron chi connectivity index (χ3n) is 2.96. The lowest BCUT2D eigenvalue weighted by molar-refractivity contribution is 0.579. The highest BCUT2D eigenvalue weighted by Crippen LogP contribution is 2.24. The molecule has 1 aromatic carbocycles. The third kappa shape index (κ3) is 2.12. The minimum absolute atomic E-state index is 0.594. The largest absolute Gasteiger partial charge is 0.463 e. The molecule has 4 heteroatoms. The summed E-state index contributed by atoms with van der Waals surface area (Å²) in [6, 6.07) is 11.8. The second kappa shape index (κ2) is 4.31.